The van der Waals surface area contributed by atoms with Crippen molar-refractivity contribution in [2.75, 3.05) is 39.0 Å². The van der Waals surface area contributed by atoms with Gasteiger partial charge in [-0.05, 0) is 57.2 Å². The van der Waals surface area contributed by atoms with Crippen molar-refractivity contribution in [1.29, 1.82) is 0 Å². The third-order valence-electron chi connectivity index (χ3n) is 7.00. The summed E-state index contributed by atoms with van der Waals surface area (Å²) in [6.07, 6.45) is 5.12. The summed E-state index contributed by atoms with van der Waals surface area (Å²) in [6, 6.07) is 5.62. The molecule has 8 nitrogen and oxygen atoms in total. The van der Waals surface area contributed by atoms with E-state index < -0.39 is 16.4 Å². The van der Waals surface area contributed by atoms with E-state index in [1.165, 1.54) is 24.3 Å². The molecule has 10 heteroatoms. The van der Waals surface area contributed by atoms with Gasteiger partial charge in [-0.2, -0.15) is 10.6 Å². The summed E-state index contributed by atoms with van der Waals surface area (Å²) in [5.74, 6) is -0.810. The Kier molecular flexibility index (Phi) is 8.27. The second kappa shape index (κ2) is 11.3. The van der Waals surface area contributed by atoms with Crippen molar-refractivity contribution in [2.24, 2.45) is 0 Å². The van der Waals surface area contributed by atoms with Crippen molar-refractivity contribution in [2.45, 2.75) is 26.5 Å². The number of benzene rings is 1. The lowest BCUT2D eigenvalue weighted by Crippen LogP contribution is -2.47. The first-order valence-electron chi connectivity index (χ1n) is 12.5. The van der Waals surface area contributed by atoms with E-state index in [2.05, 4.69) is 15.2 Å². The van der Waals surface area contributed by atoms with Gasteiger partial charge in [0.15, 0.2) is 0 Å². The van der Waals surface area contributed by atoms with Gasteiger partial charge in [-0.1, -0.05) is 24.3 Å². The average Bonchev–Trinajstić information content (AvgIpc) is 3.33. The number of aromatic amines is 1. The summed E-state index contributed by atoms with van der Waals surface area (Å²) in [6.45, 7) is 8.50. The van der Waals surface area contributed by atoms with E-state index in [4.69, 9.17) is 0 Å². The number of rotatable bonds is 6. The molecule has 0 spiro atoms. The van der Waals surface area contributed by atoms with Gasteiger partial charge in [0.25, 0.3) is 11.8 Å². The third-order valence-corrected chi connectivity index (χ3v) is 8.49. The number of halogens is 1. The van der Waals surface area contributed by atoms with Gasteiger partial charge in [0.2, 0.25) is 0 Å². The minimum absolute atomic E-state index is 0.0185. The van der Waals surface area contributed by atoms with E-state index >= 15 is 0 Å². The second-order valence-corrected chi connectivity index (χ2v) is 12.1. The maximum atomic E-state index is 13.3. The van der Waals surface area contributed by atoms with E-state index in [0.29, 0.717) is 46.8 Å². The molecule has 1 aromatic carbocycles. The molecule has 2 aromatic rings. The number of hydrogen-bond acceptors (Lipinski definition) is 5. The fourth-order valence-corrected chi connectivity index (χ4v) is 6.07. The molecule has 0 unspecified atom stereocenters. The van der Waals surface area contributed by atoms with E-state index in [1.807, 2.05) is 25.8 Å². The number of aryl methyl sites for hydroxylation is 1. The Hall–Kier alpha value is -3.18. The van der Waals surface area contributed by atoms with E-state index in [-0.39, 0.29) is 23.3 Å². The molecule has 2 saturated heterocycles. The summed E-state index contributed by atoms with van der Waals surface area (Å²) in [5, 5.41) is 2.83. The predicted octanol–water partition coefficient (Wildman–Crippen LogP) is 4.45. The molecular weight excluding hydrogens is 507 g/mol. The number of piperazine rings is 1. The van der Waals surface area contributed by atoms with Crippen molar-refractivity contribution in [3.8, 4) is 0 Å². The van der Waals surface area contributed by atoms with Gasteiger partial charge in [-0.25, -0.2) is 4.39 Å². The molecule has 0 aliphatic carbocycles. The Morgan fingerprint density at radius 3 is 2.39 bits per heavy atom. The van der Waals surface area contributed by atoms with Crippen LogP contribution in [0.15, 0.2) is 53.3 Å². The lowest BCUT2D eigenvalue weighted by Gasteiger charge is -2.32. The van der Waals surface area contributed by atoms with Crippen LogP contribution >= 0.6 is 10.6 Å². The quantitative estimate of drug-likeness (QED) is 0.403. The number of nitrogens with zero attached hydrogens (tertiary/aromatic N) is 2. The number of nitrogens with one attached hydrogen (secondary N) is 2. The molecule has 0 radical (unpaired) electrons. The predicted molar refractivity (Wildman–Crippen MR) is 149 cm³/mol. The molecule has 2 aliphatic rings. The maximum Gasteiger partial charge on any atom is 0.256 e. The number of carbonyl (C=O) groups is 2. The number of allylic oxidation sites excluding steroid dienone is 2. The lowest BCUT2D eigenvalue weighted by molar-refractivity contribution is -0.115. The maximum absolute atomic E-state index is 13.3. The van der Waals surface area contributed by atoms with Gasteiger partial charge in [0.1, 0.15) is 5.82 Å². The van der Waals surface area contributed by atoms with Crippen LogP contribution < -0.4 is 5.32 Å². The van der Waals surface area contributed by atoms with Gasteiger partial charge in [-0.3, -0.25) is 18.7 Å². The van der Waals surface area contributed by atoms with Crippen LogP contribution in [0.2, 0.25) is 0 Å². The zero-order valence-electron chi connectivity index (χ0n) is 22.2. The third kappa shape index (κ3) is 6.10. The minimum Gasteiger partial charge on any atom is -0.358 e. The molecule has 0 atom stereocenters. The minimum atomic E-state index is -3.07. The largest absolute Gasteiger partial charge is 0.358 e. The number of likely N-dealkylation sites (N-methyl/N-ethyl adjacent to an activating group) is 1. The molecule has 2 fully saturated rings. The van der Waals surface area contributed by atoms with Crippen molar-refractivity contribution in [3.05, 3.63) is 87.2 Å². The summed E-state index contributed by atoms with van der Waals surface area (Å²) in [7, 11) is -1.03. The number of H-pyrrole nitrogens is 1. The first-order valence-corrected chi connectivity index (χ1v) is 14.4. The monoisotopic (exact) mass is 542 g/mol. The molecule has 3 heterocycles. The van der Waals surface area contributed by atoms with Gasteiger partial charge in [0.05, 0.1) is 22.6 Å². The highest BCUT2D eigenvalue weighted by molar-refractivity contribution is 8.23. The van der Waals surface area contributed by atoms with E-state index in [9.17, 15) is 23.1 Å². The summed E-state index contributed by atoms with van der Waals surface area (Å²) in [4.78, 5) is 33.5. The average molecular weight is 543 g/mol. The van der Waals surface area contributed by atoms with Crippen LogP contribution in [-0.4, -0.2) is 74.7 Å². The molecule has 4 N–H and O–H groups in total. The highest BCUT2D eigenvalue weighted by Crippen LogP contribution is 2.43. The first kappa shape index (κ1) is 27.8. The van der Waals surface area contributed by atoms with Crippen LogP contribution in [0.25, 0.3) is 6.08 Å². The molecule has 4 rings (SSSR count). The fraction of sp³-hybridized carbons (Fsp3) is 0.357. The van der Waals surface area contributed by atoms with Crippen LogP contribution in [0.4, 0.5) is 4.39 Å². The molecule has 0 bridgehead atoms. The fourth-order valence-electron chi connectivity index (χ4n) is 4.79. The second-order valence-electron chi connectivity index (χ2n) is 9.83. The topological polar surface area (TPSA) is 109 Å². The zero-order valence-corrected chi connectivity index (χ0v) is 23.0. The Bertz CT molecular complexity index is 1320. The van der Waals surface area contributed by atoms with Crippen LogP contribution in [-0.2, 0) is 10.5 Å². The Morgan fingerprint density at radius 2 is 1.76 bits per heavy atom. The number of aromatic nitrogens is 1. The van der Waals surface area contributed by atoms with Crippen molar-refractivity contribution in [1.82, 2.24) is 20.1 Å². The molecule has 2 amide bonds. The highest BCUT2D eigenvalue weighted by Gasteiger charge is 2.29. The van der Waals surface area contributed by atoms with Gasteiger partial charge < -0.3 is 20.1 Å². The Balaban J connectivity index is 1.61. The van der Waals surface area contributed by atoms with Crippen LogP contribution in [0.1, 0.15) is 39.8 Å². The van der Waals surface area contributed by atoms with Crippen LogP contribution in [0.3, 0.4) is 0 Å². The molecule has 38 heavy (non-hydrogen) atoms. The first-order chi connectivity index (χ1) is 18.0. The standard InChI is InChI=1S/C28H35FN4O4S/c1-5-24-22(10-15-38(36,37)17-20-6-8-21(29)9-7-20)23(27(34)31-24)16-25-18(2)26(19(3)30-25)28(35)33-13-11-32(4)12-14-33/h5-10,16,30,36-37H,11-15,17H2,1-4H3,(H,31,34). The summed E-state index contributed by atoms with van der Waals surface area (Å²) in [5.41, 5.74) is 4.91. The van der Waals surface area contributed by atoms with Gasteiger partial charge in [-0.15, -0.1) is 0 Å². The van der Waals surface area contributed by atoms with Crippen LogP contribution in [0.5, 0.6) is 0 Å². The van der Waals surface area contributed by atoms with E-state index in [0.717, 1.165) is 24.3 Å². The molecule has 2 aliphatic heterocycles. The van der Waals surface area contributed by atoms with Gasteiger partial charge in [0, 0.05) is 48.8 Å². The lowest BCUT2D eigenvalue weighted by atomic mass is 10.0. The normalized spacial score (nSPS) is 20.6. The zero-order chi connectivity index (χ0) is 27.6. The number of hydrogen-bond donors (Lipinski definition) is 4. The Labute approximate surface area is 224 Å². The number of carbonyl (C=O) groups excluding carboxylic acids is 2. The number of amides is 2. The summed E-state index contributed by atoms with van der Waals surface area (Å²) < 4.78 is 34.6. The van der Waals surface area contributed by atoms with Gasteiger partial charge >= 0.3 is 0 Å². The molecular formula is C28H35FN4O4S. The molecule has 0 saturated carbocycles. The van der Waals surface area contributed by atoms with Crippen molar-refractivity contribution in [3.63, 3.8) is 0 Å². The molecule has 204 valence electrons. The van der Waals surface area contributed by atoms with Crippen LogP contribution in [0, 0.1) is 19.7 Å². The smallest absolute Gasteiger partial charge is 0.256 e. The highest BCUT2D eigenvalue weighted by atomic mass is 32.3. The van der Waals surface area contributed by atoms with Crippen molar-refractivity contribution >= 4 is 28.5 Å². The summed E-state index contributed by atoms with van der Waals surface area (Å²) >= 11 is 0. The SMILES string of the molecule is CC=C1NC(=O)C(=Cc2[nH]c(C)c(C(=O)N3CCN(C)CC3)c2C)C1=CCS(O)(O)Cc1ccc(F)cc1. The van der Waals surface area contributed by atoms with E-state index in [1.54, 1.807) is 25.2 Å². The van der Waals surface area contributed by atoms with Crippen molar-refractivity contribution < 1.29 is 23.1 Å². The Morgan fingerprint density at radius 1 is 1.11 bits per heavy atom. The molecule has 1 aromatic heterocycles.